The van der Waals surface area contributed by atoms with Gasteiger partial charge in [-0.3, -0.25) is 0 Å². The Labute approximate surface area is 89.1 Å². The molecule has 0 bridgehead atoms. The molecule has 1 rings (SSSR count). The van der Waals surface area contributed by atoms with Crippen molar-refractivity contribution in [2.75, 3.05) is 13.2 Å². The first kappa shape index (κ1) is 11.5. The molecule has 0 unspecified atom stereocenters. The van der Waals surface area contributed by atoms with Crippen molar-refractivity contribution in [2.45, 2.75) is 44.7 Å². The summed E-state index contributed by atoms with van der Waals surface area (Å²) < 4.78 is 11.2. The lowest BCUT2D eigenvalue weighted by atomic mass is 9.83. The lowest BCUT2D eigenvalue weighted by Crippen LogP contribution is -2.35. The molecule has 1 saturated heterocycles. The molecule has 0 aromatic carbocycles. The van der Waals surface area contributed by atoms with Gasteiger partial charge in [-0.1, -0.05) is 43.6 Å². The molecule has 1 heterocycles. The number of rotatable bonds is 3. The van der Waals surface area contributed by atoms with Gasteiger partial charge in [0, 0.05) is 9.74 Å². The fraction of sp³-hybridized carbons (Fsp3) is 1.00. The molecule has 1 fully saturated rings. The van der Waals surface area contributed by atoms with Crippen LogP contribution in [-0.4, -0.2) is 23.8 Å². The molecule has 0 amide bonds. The lowest BCUT2D eigenvalue weighted by Gasteiger charge is -2.34. The SMILES string of the molecule is CC(C)(Br)CC(C)(C)C1OCCO1. The Balaban J connectivity index is 2.53. The van der Waals surface area contributed by atoms with Gasteiger partial charge in [-0.25, -0.2) is 0 Å². The highest BCUT2D eigenvalue weighted by atomic mass is 79.9. The van der Waals surface area contributed by atoms with Gasteiger partial charge in [0.15, 0.2) is 6.29 Å². The number of ether oxygens (including phenoxy) is 2. The first-order valence-electron chi connectivity index (χ1n) is 4.73. The third kappa shape index (κ3) is 3.56. The van der Waals surface area contributed by atoms with Gasteiger partial charge < -0.3 is 9.47 Å². The molecule has 0 N–H and O–H groups in total. The second-order valence-corrected chi connectivity index (χ2v) is 7.10. The molecule has 0 atom stereocenters. The van der Waals surface area contributed by atoms with Crippen molar-refractivity contribution in [2.24, 2.45) is 5.41 Å². The normalized spacial score (nSPS) is 21.0. The van der Waals surface area contributed by atoms with E-state index in [1.165, 1.54) is 0 Å². The van der Waals surface area contributed by atoms with Crippen LogP contribution in [0.1, 0.15) is 34.1 Å². The monoisotopic (exact) mass is 250 g/mol. The Morgan fingerprint density at radius 2 is 1.62 bits per heavy atom. The van der Waals surface area contributed by atoms with Gasteiger partial charge in [-0.15, -0.1) is 0 Å². The van der Waals surface area contributed by atoms with Crippen LogP contribution in [0.3, 0.4) is 0 Å². The van der Waals surface area contributed by atoms with Crippen molar-refractivity contribution in [3.8, 4) is 0 Å². The molecule has 3 heteroatoms. The van der Waals surface area contributed by atoms with Crippen molar-refractivity contribution >= 4 is 15.9 Å². The van der Waals surface area contributed by atoms with Crippen molar-refractivity contribution in [3.05, 3.63) is 0 Å². The minimum Gasteiger partial charge on any atom is -0.350 e. The van der Waals surface area contributed by atoms with E-state index in [0.29, 0.717) is 0 Å². The first-order valence-corrected chi connectivity index (χ1v) is 5.53. The molecule has 0 aliphatic carbocycles. The largest absolute Gasteiger partial charge is 0.350 e. The first-order chi connectivity index (χ1) is 5.81. The highest BCUT2D eigenvalue weighted by Crippen LogP contribution is 2.38. The van der Waals surface area contributed by atoms with E-state index >= 15 is 0 Å². The van der Waals surface area contributed by atoms with E-state index in [4.69, 9.17) is 9.47 Å². The Kier molecular flexibility index (Phi) is 3.42. The Hall–Kier alpha value is 0.400. The molecular weight excluding hydrogens is 232 g/mol. The molecule has 0 aromatic heterocycles. The lowest BCUT2D eigenvalue weighted by molar-refractivity contribution is -0.124. The third-order valence-electron chi connectivity index (χ3n) is 2.14. The Morgan fingerprint density at radius 3 is 2.00 bits per heavy atom. The maximum absolute atomic E-state index is 5.52. The van der Waals surface area contributed by atoms with Crippen LogP contribution < -0.4 is 0 Å². The molecule has 2 nitrogen and oxygen atoms in total. The van der Waals surface area contributed by atoms with Gasteiger partial charge in [0.25, 0.3) is 0 Å². The van der Waals surface area contributed by atoms with Gasteiger partial charge in [-0.2, -0.15) is 0 Å². The minimum absolute atomic E-state index is 0.0377. The zero-order chi connectivity index (χ0) is 10.1. The van der Waals surface area contributed by atoms with Crippen LogP contribution in [-0.2, 0) is 9.47 Å². The van der Waals surface area contributed by atoms with Gasteiger partial charge in [0.2, 0.25) is 0 Å². The highest BCUT2D eigenvalue weighted by molar-refractivity contribution is 9.10. The quantitative estimate of drug-likeness (QED) is 0.718. The molecule has 13 heavy (non-hydrogen) atoms. The van der Waals surface area contributed by atoms with E-state index < -0.39 is 0 Å². The number of alkyl halides is 1. The summed E-state index contributed by atoms with van der Waals surface area (Å²) in [5.41, 5.74) is 0.0729. The summed E-state index contributed by atoms with van der Waals surface area (Å²) in [4.78, 5) is 0. The molecule has 78 valence electrons. The van der Waals surface area contributed by atoms with Crippen molar-refractivity contribution in [1.29, 1.82) is 0 Å². The van der Waals surface area contributed by atoms with E-state index in [9.17, 15) is 0 Å². The summed E-state index contributed by atoms with van der Waals surface area (Å²) in [5.74, 6) is 0. The highest BCUT2D eigenvalue weighted by Gasteiger charge is 2.37. The zero-order valence-corrected chi connectivity index (χ0v) is 10.5. The minimum atomic E-state index is -0.0377. The summed E-state index contributed by atoms with van der Waals surface area (Å²) in [6, 6.07) is 0. The Morgan fingerprint density at radius 1 is 1.15 bits per heavy atom. The van der Waals surface area contributed by atoms with E-state index in [1.54, 1.807) is 0 Å². The maximum Gasteiger partial charge on any atom is 0.162 e. The third-order valence-corrected chi connectivity index (χ3v) is 2.42. The summed E-state index contributed by atoms with van der Waals surface area (Å²) >= 11 is 3.65. The molecule has 0 spiro atoms. The average Bonchev–Trinajstić information content (AvgIpc) is 2.29. The van der Waals surface area contributed by atoms with Gasteiger partial charge in [0.1, 0.15) is 0 Å². The van der Waals surface area contributed by atoms with Crippen LogP contribution in [0, 0.1) is 5.41 Å². The molecular formula is C10H19BrO2. The summed E-state index contributed by atoms with van der Waals surface area (Å²) in [6.07, 6.45) is 0.995. The van der Waals surface area contributed by atoms with E-state index in [1.807, 2.05) is 0 Å². The maximum atomic E-state index is 5.52. The zero-order valence-electron chi connectivity index (χ0n) is 8.89. The van der Waals surface area contributed by atoms with Crippen LogP contribution in [0.4, 0.5) is 0 Å². The predicted molar refractivity (Wildman–Crippen MR) is 57.1 cm³/mol. The van der Waals surface area contributed by atoms with Crippen molar-refractivity contribution < 1.29 is 9.47 Å². The summed E-state index contributed by atoms with van der Waals surface area (Å²) in [7, 11) is 0. The van der Waals surface area contributed by atoms with E-state index in [0.717, 1.165) is 19.6 Å². The number of hydrogen-bond acceptors (Lipinski definition) is 2. The van der Waals surface area contributed by atoms with E-state index in [-0.39, 0.29) is 16.0 Å². The van der Waals surface area contributed by atoms with Gasteiger partial charge >= 0.3 is 0 Å². The summed E-state index contributed by atoms with van der Waals surface area (Å²) in [6.45, 7) is 10.2. The van der Waals surface area contributed by atoms with Crippen molar-refractivity contribution in [1.82, 2.24) is 0 Å². The van der Waals surface area contributed by atoms with Crippen molar-refractivity contribution in [3.63, 3.8) is 0 Å². The topological polar surface area (TPSA) is 18.5 Å². The molecule has 0 saturated carbocycles. The number of hydrogen-bond donors (Lipinski definition) is 0. The van der Waals surface area contributed by atoms with Crippen LogP contribution in [0.5, 0.6) is 0 Å². The smallest absolute Gasteiger partial charge is 0.162 e. The van der Waals surface area contributed by atoms with Crippen LogP contribution in [0.25, 0.3) is 0 Å². The molecule has 1 aliphatic heterocycles. The molecule has 1 aliphatic rings. The molecule has 0 aromatic rings. The second-order valence-electron chi connectivity index (χ2n) is 4.96. The Bertz CT molecular complexity index is 166. The van der Waals surface area contributed by atoms with E-state index in [2.05, 4.69) is 43.6 Å². The predicted octanol–water partition coefficient (Wildman–Crippen LogP) is 2.95. The van der Waals surface area contributed by atoms with Crippen LogP contribution in [0.2, 0.25) is 0 Å². The van der Waals surface area contributed by atoms with Gasteiger partial charge in [-0.05, 0) is 6.42 Å². The average molecular weight is 251 g/mol. The fourth-order valence-electron chi connectivity index (χ4n) is 1.98. The summed E-state index contributed by atoms with van der Waals surface area (Å²) in [5, 5.41) is 0. The number of halogens is 1. The van der Waals surface area contributed by atoms with Gasteiger partial charge in [0.05, 0.1) is 13.2 Å². The van der Waals surface area contributed by atoms with Crippen LogP contribution in [0.15, 0.2) is 0 Å². The van der Waals surface area contributed by atoms with Crippen LogP contribution >= 0.6 is 15.9 Å². The molecule has 0 radical (unpaired) electrons. The second kappa shape index (κ2) is 3.87. The standard InChI is InChI=1S/C10H19BrO2/c1-9(2,7-10(3,4)11)8-12-5-6-13-8/h8H,5-7H2,1-4H3. The fourth-order valence-corrected chi connectivity index (χ4v) is 2.70.